The lowest BCUT2D eigenvalue weighted by atomic mass is 9.89. The van der Waals surface area contributed by atoms with E-state index in [-0.39, 0.29) is 11.8 Å². The van der Waals surface area contributed by atoms with Gasteiger partial charge in [-0.3, -0.25) is 14.5 Å². The Kier molecular flexibility index (Phi) is 8.95. The van der Waals surface area contributed by atoms with Crippen LogP contribution in [-0.4, -0.2) is 60.5 Å². The van der Waals surface area contributed by atoms with Crippen molar-refractivity contribution >= 4 is 29.1 Å². The molecule has 0 saturated carbocycles. The van der Waals surface area contributed by atoms with Crippen LogP contribution in [0.4, 0.5) is 5.69 Å². The number of ether oxygens (including phenoxy) is 1. The fourth-order valence-corrected chi connectivity index (χ4v) is 5.19. The number of amides is 2. The largest absolute Gasteiger partial charge is 0.366 e. The Morgan fingerprint density at radius 1 is 0.923 bits per heavy atom. The lowest BCUT2D eigenvalue weighted by molar-refractivity contribution is -0.133. The second kappa shape index (κ2) is 12.9. The number of anilines is 1. The Bertz CT molecular complexity index is 1330. The molecule has 0 aromatic heterocycles. The highest BCUT2D eigenvalue weighted by atomic mass is 35.5. The number of benzene rings is 3. The van der Waals surface area contributed by atoms with Crippen LogP contribution in [0, 0.1) is 11.8 Å². The molecule has 3 aromatic rings. The fourth-order valence-electron chi connectivity index (χ4n) is 5.06. The van der Waals surface area contributed by atoms with E-state index >= 15 is 0 Å². The number of nitrogens with zero attached hydrogens (tertiary/aromatic N) is 2. The molecule has 7 heteroatoms. The molecule has 5 rings (SSSR count). The van der Waals surface area contributed by atoms with Crippen LogP contribution in [-0.2, 0) is 20.9 Å². The summed E-state index contributed by atoms with van der Waals surface area (Å²) in [6, 6.07) is 25.5. The van der Waals surface area contributed by atoms with Crippen molar-refractivity contribution in [2.45, 2.75) is 31.4 Å². The average Bonchev–Trinajstić information content (AvgIpc) is 2.98. The van der Waals surface area contributed by atoms with Crippen LogP contribution >= 0.6 is 11.6 Å². The monoisotopic (exact) mass is 541 g/mol. The molecule has 0 spiro atoms. The molecule has 6 nitrogen and oxygen atoms in total. The Morgan fingerprint density at radius 3 is 2.36 bits per heavy atom. The van der Waals surface area contributed by atoms with Gasteiger partial charge in [-0.1, -0.05) is 60.0 Å². The number of rotatable bonds is 5. The summed E-state index contributed by atoms with van der Waals surface area (Å²) in [6.07, 6.45) is 1.27. The van der Waals surface area contributed by atoms with E-state index in [1.807, 2.05) is 47.4 Å². The van der Waals surface area contributed by atoms with Crippen LogP contribution in [0.1, 0.15) is 35.4 Å². The molecule has 2 aliphatic heterocycles. The van der Waals surface area contributed by atoms with Crippen molar-refractivity contribution in [3.63, 3.8) is 0 Å². The van der Waals surface area contributed by atoms with Gasteiger partial charge in [0, 0.05) is 54.9 Å². The first-order valence-electron chi connectivity index (χ1n) is 13.4. The van der Waals surface area contributed by atoms with E-state index < -0.39 is 6.10 Å². The predicted molar refractivity (Wildman–Crippen MR) is 153 cm³/mol. The quantitative estimate of drug-likeness (QED) is 0.465. The maximum atomic E-state index is 12.9. The maximum absolute atomic E-state index is 12.9. The number of morpholine rings is 1. The summed E-state index contributed by atoms with van der Waals surface area (Å²) < 4.78 is 5.77. The zero-order valence-corrected chi connectivity index (χ0v) is 22.6. The zero-order valence-electron chi connectivity index (χ0n) is 21.8. The second-order valence-electron chi connectivity index (χ2n) is 10.0. The van der Waals surface area contributed by atoms with E-state index in [9.17, 15) is 9.59 Å². The summed E-state index contributed by atoms with van der Waals surface area (Å²) in [5, 5.41) is 3.66. The summed E-state index contributed by atoms with van der Waals surface area (Å²) in [7, 11) is 0. The predicted octanol–water partition coefficient (Wildman–Crippen LogP) is 4.94. The number of carbonyl (C=O) groups excluding carboxylic acids is 2. The van der Waals surface area contributed by atoms with Gasteiger partial charge in [0.05, 0.1) is 6.61 Å². The van der Waals surface area contributed by atoms with Gasteiger partial charge in [0.25, 0.3) is 11.8 Å². The summed E-state index contributed by atoms with van der Waals surface area (Å²) >= 11 is 5.90. The summed E-state index contributed by atoms with van der Waals surface area (Å²) in [4.78, 5) is 29.5. The van der Waals surface area contributed by atoms with Crippen LogP contribution in [0.25, 0.3) is 0 Å². The number of piperidine rings is 1. The van der Waals surface area contributed by atoms with Crippen LogP contribution in [0.5, 0.6) is 0 Å². The topological polar surface area (TPSA) is 61.9 Å². The van der Waals surface area contributed by atoms with Crippen LogP contribution in [0.15, 0.2) is 78.9 Å². The van der Waals surface area contributed by atoms with Gasteiger partial charge in [0.1, 0.15) is 6.10 Å². The smallest absolute Gasteiger partial charge is 0.298 e. The Hall–Kier alpha value is -3.63. The summed E-state index contributed by atoms with van der Waals surface area (Å²) in [5.41, 5.74) is 3.98. The molecule has 0 bridgehead atoms. The first kappa shape index (κ1) is 27.0. The van der Waals surface area contributed by atoms with Gasteiger partial charge in [0.15, 0.2) is 0 Å². The molecule has 0 aliphatic carbocycles. The zero-order chi connectivity index (χ0) is 27.0. The standard InChI is InChI=1S/C32H32ClN3O3/c33-28-11-6-24(7-12-28)8-15-31(37)36-18-16-27(17-19-36)26-9-13-29(14-10-26)34-32(38)30-23-35(20-21-39-30)22-25-4-2-1-3-5-25/h1-7,9-14,27,30H,16-23H2,(H,34,38). The normalized spacial score (nSPS) is 18.2. The van der Waals surface area contributed by atoms with Crippen molar-refractivity contribution in [3.05, 3.63) is 101 Å². The number of carbonyl (C=O) groups is 2. The van der Waals surface area contributed by atoms with Gasteiger partial charge in [-0.25, -0.2) is 0 Å². The summed E-state index contributed by atoms with van der Waals surface area (Å²) in [5.74, 6) is 5.78. The van der Waals surface area contributed by atoms with Crippen molar-refractivity contribution in [3.8, 4) is 11.8 Å². The number of halogens is 1. The highest BCUT2D eigenvalue weighted by Gasteiger charge is 2.27. The van der Waals surface area contributed by atoms with Crippen molar-refractivity contribution in [1.82, 2.24) is 9.80 Å². The molecule has 2 aliphatic rings. The van der Waals surface area contributed by atoms with Gasteiger partial charge < -0.3 is 15.0 Å². The van der Waals surface area contributed by atoms with Crippen molar-refractivity contribution < 1.29 is 14.3 Å². The molecule has 0 radical (unpaired) electrons. The lowest BCUT2D eigenvalue weighted by Gasteiger charge is -2.32. The SMILES string of the molecule is O=C(Nc1ccc(C2CCN(C(=O)C#Cc3ccc(Cl)cc3)CC2)cc1)C1CN(Cc2ccccc2)CCO1. The molecule has 1 unspecified atom stereocenters. The van der Waals surface area contributed by atoms with Crippen molar-refractivity contribution in [1.29, 1.82) is 0 Å². The number of nitrogens with one attached hydrogen (secondary N) is 1. The van der Waals surface area contributed by atoms with E-state index in [1.54, 1.807) is 12.1 Å². The van der Waals surface area contributed by atoms with E-state index in [0.717, 1.165) is 37.2 Å². The molecule has 200 valence electrons. The molecule has 1 atom stereocenters. The third-order valence-electron chi connectivity index (χ3n) is 7.28. The van der Waals surface area contributed by atoms with E-state index in [2.05, 4.69) is 46.3 Å². The molecule has 2 saturated heterocycles. The van der Waals surface area contributed by atoms with Crippen LogP contribution in [0.2, 0.25) is 5.02 Å². The van der Waals surface area contributed by atoms with Gasteiger partial charge in [-0.2, -0.15) is 0 Å². The van der Waals surface area contributed by atoms with E-state index in [4.69, 9.17) is 16.3 Å². The molecular weight excluding hydrogens is 510 g/mol. The van der Waals surface area contributed by atoms with E-state index in [1.165, 1.54) is 11.1 Å². The van der Waals surface area contributed by atoms with Crippen LogP contribution < -0.4 is 5.32 Å². The minimum absolute atomic E-state index is 0.118. The molecule has 2 heterocycles. The second-order valence-corrected chi connectivity index (χ2v) is 10.5. The highest BCUT2D eigenvalue weighted by molar-refractivity contribution is 6.30. The Morgan fingerprint density at radius 2 is 1.64 bits per heavy atom. The van der Waals surface area contributed by atoms with Crippen molar-refractivity contribution in [2.24, 2.45) is 0 Å². The van der Waals surface area contributed by atoms with Gasteiger partial charge in [-0.15, -0.1) is 0 Å². The average molecular weight is 542 g/mol. The molecule has 2 amide bonds. The molecule has 39 heavy (non-hydrogen) atoms. The Balaban J connectivity index is 1.09. The Labute approximate surface area is 234 Å². The minimum atomic E-state index is -0.494. The third-order valence-corrected chi connectivity index (χ3v) is 7.53. The lowest BCUT2D eigenvalue weighted by Crippen LogP contribution is -2.47. The highest BCUT2D eigenvalue weighted by Crippen LogP contribution is 2.29. The first-order chi connectivity index (χ1) is 19.0. The number of hydrogen-bond donors (Lipinski definition) is 1. The van der Waals surface area contributed by atoms with Gasteiger partial charge in [0.2, 0.25) is 0 Å². The maximum Gasteiger partial charge on any atom is 0.298 e. The molecule has 1 N–H and O–H groups in total. The minimum Gasteiger partial charge on any atom is -0.366 e. The molecular formula is C32H32ClN3O3. The first-order valence-corrected chi connectivity index (χ1v) is 13.8. The molecule has 2 fully saturated rings. The number of hydrogen-bond acceptors (Lipinski definition) is 4. The van der Waals surface area contributed by atoms with Crippen LogP contribution in [0.3, 0.4) is 0 Å². The summed E-state index contributed by atoms with van der Waals surface area (Å²) in [6.45, 7) is 4.08. The van der Waals surface area contributed by atoms with Crippen molar-refractivity contribution in [2.75, 3.05) is 38.1 Å². The van der Waals surface area contributed by atoms with E-state index in [0.29, 0.717) is 37.2 Å². The van der Waals surface area contributed by atoms with Gasteiger partial charge >= 0.3 is 0 Å². The van der Waals surface area contributed by atoms with Gasteiger partial charge in [-0.05, 0) is 66.3 Å². The number of likely N-dealkylation sites (tertiary alicyclic amines) is 1. The third kappa shape index (κ3) is 7.48. The molecule has 3 aromatic carbocycles. The fraction of sp³-hybridized carbons (Fsp3) is 0.312.